The molecule has 0 amide bonds. The van der Waals surface area contributed by atoms with Gasteiger partial charge < -0.3 is 4.90 Å². The van der Waals surface area contributed by atoms with Crippen molar-refractivity contribution in [2.75, 3.05) is 33.7 Å². The van der Waals surface area contributed by atoms with Gasteiger partial charge >= 0.3 is 0 Å². The van der Waals surface area contributed by atoms with Crippen molar-refractivity contribution in [3.63, 3.8) is 0 Å². The molecule has 2 nitrogen and oxygen atoms in total. The Balaban J connectivity index is 2.45. The fourth-order valence-electron chi connectivity index (χ4n) is 3.29. The molecule has 82 valence electrons. The van der Waals surface area contributed by atoms with Crippen LogP contribution in [0.1, 0.15) is 12.8 Å². The summed E-state index contributed by atoms with van der Waals surface area (Å²) in [5, 5.41) is 0. The molecule has 0 N–H and O–H groups in total. The van der Waals surface area contributed by atoms with Gasteiger partial charge in [-0.25, -0.2) is 0 Å². The van der Waals surface area contributed by atoms with Crippen molar-refractivity contribution < 1.29 is 0 Å². The predicted octanol–water partition coefficient (Wildman–Crippen LogP) is 1.20. The smallest absolute Gasteiger partial charge is 0.104 e. The van der Waals surface area contributed by atoms with Crippen LogP contribution in [-0.4, -0.2) is 49.1 Å². The van der Waals surface area contributed by atoms with Crippen molar-refractivity contribution in [1.29, 1.82) is 0 Å². The average Bonchev–Trinajstić information content (AvgIpc) is 2.54. The van der Waals surface area contributed by atoms with Crippen LogP contribution in [0, 0.1) is 17.8 Å². The highest BCUT2D eigenvalue weighted by atomic mass is 15.3. The summed E-state index contributed by atoms with van der Waals surface area (Å²) in [5.74, 6) is 3.06. The summed E-state index contributed by atoms with van der Waals surface area (Å²) in [5.41, 5.74) is 0.0186. The fraction of sp³-hybridized carbons (Fsp3) is 0.692. The normalized spacial score (nSPS) is 42.2. The van der Waals surface area contributed by atoms with Gasteiger partial charge in [-0.2, -0.15) is 0 Å². The topological polar surface area (TPSA) is 6.48 Å². The first-order valence-corrected chi connectivity index (χ1v) is 5.61. The molecule has 2 fully saturated rings. The number of nitrogens with zero attached hydrogens (tertiary/aromatic N) is 2. The van der Waals surface area contributed by atoms with Gasteiger partial charge in [-0.05, 0) is 33.5 Å². The standard InChI is InChI=1S/C13H20N2/c1-5-12-7-9-14(3)11-13(12,6-2)15(4)10-8-12/h2,5H,1,7-11H2,3-4H3/t12-,13-/m0/s1. The summed E-state index contributed by atoms with van der Waals surface area (Å²) >= 11 is 0. The first kappa shape index (κ1) is 10.7. The van der Waals surface area contributed by atoms with Crippen molar-refractivity contribution in [3.8, 4) is 12.3 Å². The molecule has 0 bridgehead atoms. The van der Waals surface area contributed by atoms with Crippen molar-refractivity contribution in [2.24, 2.45) is 5.41 Å². The summed E-state index contributed by atoms with van der Waals surface area (Å²) in [4.78, 5) is 4.67. The lowest BCUT2D eigenvalue weighted by Crippen LogP contribution is -2.61. The average molecular weight is 204 g/mol. The molecule has 0 aromatic rings. The monoisotopic (exact) mass is 204 g/mol. The zero-order valence-corrected chi connectivity index (χ0v) is 9.79. The highest BCUT2D eigenvalue weighted by molar-refractivity contribution is 5.31. The molecular formula is C13H20N2. The SMILES string of the molecule is C#C[C@]12CN(C)CC[C@@]1(C=C)CCN2C. The number of hydrogen-bond donors (Lipinski definition) is 0. The van der Waals surface area contributed by atoms with E-state index in [1.165, 1.54) is 0 Å². The molecular weight excluding hydrogens is 184 g/mol. The van der Waals surface area contributed by atoms with Crippen LogP contribution in [0.5, 0.6) is 0 Å². The quantitative estimate of drug-likeness (QED) is 0.468. The van der Waals surface area contributed by atoms with Gasteiger partial charge in [-0.1, -0.05) is 12.0 Å². The summed E-state index contributed by atoms with van der Waals surface area (Å²) in [6.07, 6.45) is 10.2. The third-order valence-electron chi connectivity index (χ3n) is 4.44. The van der Waals surface area contributed by atoms with E-state index in [1.54, 1.807) is 0 Å². The van der Waals surface area contributed by atoms with Crippen LogP contribution in [0.2, 0.25) is 0 Å². The van der Waals surface area contributed by atoms with Crippen LogP contribution in [0.4, 0.5) is 0 Å². The molecule has 0 unspecified atom stereocenters. The second kappa shape index (κ2) is 3.37. The van der Waals surface area contributed by atoms with E-state index in [9.17, 15) is 0 Å². The molecule has 15 heavy (non-hydrogen) atoms. The van der Waals surface area contributed by atoms with E-state index in [-0.39, 0.29) is 11.0 Å². The molecule has 0 aromatic heterocycles. The van der Waals surface area contributed by atoms with Crippen LogP contribution >= 0.6 is 0 Å². The Hall–Kier alpha value is -0.780. The molecule has 0 aliphatic carbocycles. The van der Waals surface area contributed by atoms with Gasteiger partial charge in [0.05, 0.1) is 0 Å². The maximum Gasteiger partial charge on any atom is 0.104 e. The Kier molecular flexibility index (Phi) is 2.41. The van der Waals surface area contributed by atoms with E-state index in [0.717, 1.165) is 32.5 Å². The van der Waals surface area contributed by atoms with Crippen LogP contribution < -0.4 is 0 Å². The van der Waals surface area contributed by atoms with Gasteiger partial charge in [0.1, 0.15) is 5.54 Å². The van der Waals surface area contributed by atoms with Crippen LogP contribution in [-0.2, 0) is 0 Å². The highest BCUT2D eigenvalue weighted by Gasteiger charge is 2.57. The molecule has 2 atom stereocenters. The van der Waals surface area contributed by atoms with Crippen LogP contribution in [0.15, 0.2) is 12.7 Å². The fourth-order valence-corrected chi connectivity index (χ4v) is 3.29. The molecule has 0 aromatic carbocycles. The molecule has 0 spiro atoms. The van der Waals surface area contributed by atoms with E-state index < -0.39 is 0 Å². The first-order chi connectivity index (χ1) is 7.10. The summed E-state index contributed by atoms with van der Waals surface area (Å²) in [7, 11) is 4.29. The minimum atomic E-state index is -0.123. The lowest BCUT2D eigenvalue weighted by molar-refractivity contribution is 0.0467. The minimum absolute atomic E-state index is 0.123. The van der Waals surface area contributed by atoms with Crippen molar-refractivity contribution in [3.05, 3.63) is 12.7 Å². The Labute approximate surface area is 92.9 Å². The Bertz CT molecular complexity index is 317. The molecule has 2 aliphatic rings. The van der Waals surface area contributed by atoms with Gasteiger partial charge in [0.2, 0.25) is 0 Å². The molecule has 2 rings (SSSR count). The second-order valence-corrected chi connectivity index (χ2v) is 5.02. The third kappa shape index (κ3) is 1.20. The van der Waals surface area contributed by atoms with Crippen molar-refractivity contribution in [1.82, 2.24) is 9.80 Å². The molecule has 0 saturated carbocycles. The molecule has 2 aliphatic heterocycles. The number of likely N-dealkylation sites (tertiary alicyclic amines) is 2. The van der Waals surface area contributed by atoms with Gasteiger partial charge in [0.15, 0.2) is 0 Å². The zero-order valence-electron chi connectivity index (χ0n) is 9.79. The van der Waals surface area contributed by atoms with Gasteiger partial charge in [-0.15, -0.1) is 13.0 Å². The Morgan fingerprint density at radius 1 is 1.33 bits per heavy atom. The number of likely N-dealkylation sites (N-methyl/N-ethyl adjacent to an activating group) is 2. The number of piperidine rings is 1. The maximum absolute atomic E-state index is 5.83. The summed E-state index contributed by atoms with van der Waals surface area (Å²) < 4.78 is 0. The van der Waals surface area contributed by atoms with E-state index in [4.69, 9.17) is 6.42 Å². The first-order valence-electron chi connectivity index (χ1n) is 5.61. The van der Waals surface area contributed by atoms with Crippen LogP contribution in [0.3, 0.4) is 0 Å². The Morgan fingerprint density at radius 2 is 2.00 bits per heavy atom. The largest absolute Gasteiger partial charge is 0.303 e. The summed E-state index contributed by atoms with van der Waals surface area (Å²) in [6.45, 7) is 7.21. The van der Waals surface area contributed by atoms with E-state index in [1.807, 2.05) is 0 Å². The van der Waals surface area contributed by atoms with Gasteiger partial charge in [-0.3, -0.25) is 4.90 Å². The molecule has 2 saturated heterocycles. The number of terminal acetylenes is 1. The number of hydrogen-bond acceptors (Lipinski definition) is 2. The zero-order chi connectivity index (χ0) is 11.1. The molecule has 2 heterocycles. The maximum atomic E-state index is 5.83. The second-order valence-electron chi connectivity index (χ2n) is 5.02. The number of rotatable bonds is 1. The van der Waals surface area contributed by atoms with E-state index in [0.29, 0.717) is 0 Å². The van der Waals surface area contributed by atoms with Gasteiger partial charge in [0.25, 0.3) is 0 Å². The van der Waals surface area contributed by atoms with E-state index in [2.05, 4.69) is 42.5 Å². The third-order valence-corrected chi connectivity index (χ3v) is 4.44. The minimum Gasteiger partial charge on any atom is -0.303 e. The summed E-state index contributed by atoms with van der Waals surface area (Å²) in [6, 6.07) is 0. The highest BCUT2D eigenvalue weighted by Crippen LogP contribution is 2.50. The van der Waals surface area contributed by atoms with E-state index >= 15 is 0 Å². The lowest BCUT2D eigenvalue weighted by atomic mass is 9.65. The molecule has 2 heteroatoms. The van der Waals surface area contributed by atoms with Crippen LogP contribution in [0.25, 0.3) is 0 Å². The number of fused-ring (bicyclic) bond motifs is 1. The predicted molar refractivity (Wildman–Crippen MR) is 63.6 cm³/mol. The molecule has 0 radical (unpaired) electrons. The van der Waals surface area contributed by atoms with Crippen molar-refractivity contribution in [2.45, 2.75) is 18.4 Å². The van der Waals surface area contributed by atoms with Crippen molar-refractivity contribution >= 4 is 0 Å². The van der Waals surface area contributed by atoms with Gasteiger partial charge in [0, 0.05) is 18.5 Å². The Morgan fingerprint density at radius 3 is 2.60 bits per heavy atom. The lowest BCUT2D eigenvalue weighted by Gasteiger charge is -2.50.